The molecule has 7 heteroatoms. The highest BCUT2D eigenvalue weighted by Gasteiger charge is 2.35. The monoisotopic (exact) mass is 344 g/mol. The standard InChI is InChI=1S/C18H24N4O3/c1-11(2)24-16-8-7-14(10-19-16)18(23)22-9-5-6-15(12(22)3)17-21-20-13(4)25-17/h7-8,10-12,15H,5-6,9H2,1-4H3/t12-,15-/m0/s1. The average Bonchev–Trinajstić information content (AvgIpc) is 3.01. The molecule has 0 bridgehead atoms. The largest absolute Gasteiger partial charge is 0.475 e. The number of ether oxygens (including phenoxy) is 1. The molecular formula is C18H24N4O3. The molecule has 0 radical (unpaired) electrons. The van der Waals surface area contributed by atoms with Crippen LogP contribution < -0.4 is 4.74 Å². The van der Waals surface area contributed by atoms with E-state index in [1.54, 1.807) is 25.3 Å². The average molecular weight is 344 g/mol. The van der Waals surface area contributed by atoms with Crippen molar-refractivity contribution in [1.29, 1.82) is 0 Å². The van der Waals surface area contributed by atoms with Gasteiger partial charge in [-0.3, -0.25) is 4.79 Å². The lowest BCUT2D eigenvalue weighted by Crippen LogP contribution is -2.46. The number of carbonyl (C=O) groups is 1. The van der Waals surface area contributed by atoms with Gasteiger partial charge in [0.05, 0.1) is 17.6 Å². The number of aryl methyl sites for hydroxylation is 1. The molecule has 2 aromatic rings. The second-order valence-electron chi connectivity index (χ2n) is 6.70. The molecule has 7 nitrogen and oxygen atoms in total. The summed E-state index contributed by atoms with van der Waals surface area (Å²) in [6, 6.07) is 3.49. The molecule has 1 fully saturated rings. The number of piperidine rings is 1. The maximum Gasteiger partial charge on any atom is 0.255 e. The highest BCUT2D eigenvalue weighted by Crippen LogP contribution is 2.32. The van der Waals surface area contributed by atoms with Crippen molar-refractivity contribution >= 4 is 5.91 Å². The summed E-state index contributed by atoms with van der Waals surface area (Å²) in [7, 11) is 0. The Bertz CT molecular complexity index is 726. The molecule has 134 valence electrons. The van der Waals surface area contributed by atoms with Gasteiger partial charge in [-0.05, 0) is 39.7 Å². The van der Waals surface area contributed by atoms with Crippen LogP contribution in [0.3, 0.4) is 0 Å². The quantitative estimate of drug-likeness (QED) is 0.848. The first kappa shape index (κ1) is 17.4. The van der Waals surface area contributed by atoms with E-state index in [9.17, 15) is 4.79 Å². The fraction of sp³-hybridized carbons (Fsp3) is 0.556. The van der Waals surface area contributed by atoms with Crippen LogP contribution in [0.4, 0.5) is 0 Å². The van der Waals surface area contributed by atoms with Gasteiger partial charge in [-0.15, -0.1) is 10.2 Å². The molecule has 3 rings (SSSR count). The normalized spacial score (nSPS) is 20.8. The van der Waals surface area contributed by atoms with Crippen LogP contribution in [0.15, 0.2) is 22.7 Å². The number of aromatic nitrogens is 3. The molecule has 3 heterocycles. The van der Waals surface area contributed by atoms with Gasteiger partial charge in [-0.2, -0.15) is 0 Å². The minimum absolute atomic E-state index is 0.00677. The first-order chi connectivity index (χ1) is 12.0. The molecule has 0 aromatic carbocycles. The second kappa shape index (κ2) is 7.21. The van der Waals surface area contributed by atoms with Crippen LogP contribution in [0.1, 0.15) is 61.7 Å². The summed E-state index contributed by atoms with van der Waals surface area (Å²) in [4.78, 5) is 19.0. The van der Waals surface area contributed by atoms with Gasteiger partial charge in [0, 0.05) is 31.8 Å². The molecular weight excluding hydrogens is 320 g/mol. The Kier molecular flexibility index (Phi) is 5.01. The first-order valence-electron chi connectivity index (χ1n) is 8.69. The van der Waals surface area contributed by atoms with Gasteiger partial charge in [-0.1, -0.05) is 0 Å². The predicted molar refractivity (Wildman–Crippen MR) is 91.5 cm³/mol. The van der Waals surface area contributed by atoms with Gasteiger partial charge in [0.15, 0.2) is 0 Å². The van der Waals surface area contributed by atoms with Crippen LogP contribution in [0.5, 0.6) is 5.88 Å². The van der Waals surface area contributed by atoms with Crippen molar-refractivity contribution in [3.8, 4) is 5.88 Å². The van der Waals surface area contributed by atoms with E-state index in [-0.39, 0.29) is 24.0 Å². The molecule has 0 aliphatic carbocycles. The Hall–Kier alpha value is -2.44. The Labute approximate surface area is 147 Å². The van der Waals surface area contributed by atoms with Crippen molar-refractivity contribution in [1.82, 2.24) is 20.1 Å². The van der Waals surface area contributed by atoms with E-state index in [0.29, 0.717) is 29.8 Å². The summed E-state index contributed by atoms with van der Waals surface area (Å²) in [5, 5.41) is 8.06. The van der Waals surface area contributed by atoms with Crippen LogP contribution in [-0.2, 0) is 0 Å². The summed E-state index contributed by atoms with van der Waals surface area (Å²) in [5.41, 5.74) is 0.560. The van der Waals surface area contributed by atoms with Crippen molar-refractivity contribution < 1.29 is 13.9 Å². The maximum absolute atomic E-state index is 12.9. The van der Waals surface area contributed by atoms with Crippen molar-refractivity contribution in [2.24, 2.45) is 0 Å². The van der Waals surface area contributed by atoms with E-state index in [2.05, 4.69) is 15.2 Å². The molecule has 0 spiro atoms. The van der Waals surface area contributed by atoms with Gasteiger partial charge in [0.1, 0.15) is 0 Å². The number of hydrogen-bond donors (Lipinski definition) is 0. The summed E-state index contributed by atoms with van der Waals surface area (Å²) < 4.78 is 11.1. The van der Waals surface area contributed by atoms with Gasteiger partial charge >= 0.3 is 0 Å². The minimum atomic E-state index is -0.0305. The molecule has 1 saturated heterocycles. The second-order valence-corrected chi connectivity index (χ2v) is 6.70. The fourth-order valence-corrected chi connectivity index (χ4v) is 3.21. The van der Waals surface area contributed by atoms with Gasteiger partial charge in [-0.25, -0.2) is 4.98 Å². The molecule has 0 N–H and O–H groups in total. The SMILES string of the molecule is Cc1nnc([C@H]2CCCN(C(=O)c3ccc(OC(C)C)nc3)[C@H]2C)o1. The third kappa shape index (κ3) is 3.81. The summed E-state index contributed by atoms with van der Waals surface area (Å²) in [5.74, 6) is 1.72. The Morgan fingerprint density at radius 1 is 1.36 bits per heavy atom. The van der Waals surface area contributed by atoms with Gasteiger partial charge in [0.2, 0.25) is 17.7 Å². The smallest absolute Gasteiger partial charge is 0.255 e. The number of hydrogen-bond acceptors (Lipinski definition) is 6. The molecule has 1 aliphatic heterocycles. The van der Waals surface area contributed by atoms with Crippen LogP contribution in [0.2, 0.25) is 0 Å². The lowest BCUT2D eigenvalue weighted by Gasteiger charge is -2.37. The summed E-state index contributed by atoms with van der Waals surface area (Å²) >= 11 is 0. The molecule has 2 aromatic heterocycles. The molecule has 0 saturated carbocycles. The van der Waals surface area contributed by atoms with Crippen molar-refractivity contribution in [2.75, 3.05) is 6.54 Å². The number of nitrogens with zero attached hydrogens (tertiary/aromatic N) is 4. The molecule has 1 amide bonds. The van der Waals surface area contributed by atoms with Crippen LogP contribution >= 0.6 is 0 Å². The first-order valence-corrected chi connectivity index (χ1v) is 8.69. The lowest BCUT2D eigenvalue weighted by molar-refractivity contribution is 0.0582. The van der Waals surface area contributed by atoms with Crippen molar-refractivity contribution in [3.05, 3.63) is 35.7 Å². The molecule has 25 heavy (non-hydrogen) atoms. The molecule has 0 unspecified atom stereocenters. The van der Waals surface area contributed by atoms with E-state index in [1.165, 1.54) is 0 Å². The zero-order valence-corrected chi connectivity index (χ0v) is 15.1. The number of likely N-dealkylation sites (tertiary alicyclic amines) is 1. The van der Waals surface area contributed by atoms with Crippen molar-refractivity contribution in [3.63, 3.8) is 0 Å². The summed E-state index contributed by atoms with van der Waals surface area (Å²) in [6.07, 6.45) is 3.47. The van der Waals surface area contributed by atoms with E-state index in [1.807, 2.05) is 25.7 Å². The zero-order chi connectivity index (χ0) is 18.0. The van der Waals surface area contributed by atoms with Crippen LogP contribution in [-0.4, -0.2) is 44.7 Å². The number of carbonyl (C=O) groups excluding carboxylic acids is 1. The van der Waals surface area contributed by atoms with E-state index in [4.69, 9.17) is 9.15 Å². The highest BCUT2D eigenvalue weighted by molar-refractivity contribution is 5.94. The van der Waals surface area contributed by atoms with E-state index < -0.39 is 0 Å². The van der Waals surface area contributed by atoms with Gasteiger partial charge < -0.3 is 14.1 Å². The Morgan fingerprint density at radius 2 is 2.16 bits per heavy atom. The third-order valence-corrected chi connectivity index (χ3v) is 4.45. The minimum Gasteiger partial charge on any atom is -0.475 e. The predicted octanol–water partition coefficient (Wildman–Crippen LogP) is 2.97. The number of rotatable bonds is 4. The Balaban J connectivity index is 1.74. The van der Waals surface area contributed by atoms with E-state index >= 15 is 0 Å². The highest BCUT2D eigenvalue weighted by atomic mass is 16.5. The van der Waals surface area contributed by atoms with Gasteiger partial charge in [0.25, 0.3) is 5.91 Å². The van der Waals surface area contributed by atoms with Crippen molar-refractivity contribution in [2.45, 2.75) is 58.6 Å². The molecule has 1 aliphatic rings. The van der Waals surface area contributed by atoms with E-state index in [0.717, 1.165) is 12.8 Å². The maximum atomic E-state index is 12.9. The number of amides is 1. The topological polar surface area (TPSA) is 81.4 Å². The number of pyridine rings is 1. The van der Waals surface area contributed by atoms with Crippen LogP contribution in [0.25, 0.3) is 0 Å². The third-order valence-electron chi connectivity index (χ3n) is 4.45. The zero-order valence-electron chi connectivity index (χ0n) is 15.1. The fourth-order valence-electron chi connectivity index (χ4n) is 3.21. The Morgan fingerprint density at radius 3 is 2.76 bits per heavy atom. The van der Waals surface area contributed by atoms with Crippen LogP contribution in [0, 0.1) is 6.92 Å². The lowest BCUT2D eigenvalue weighted by atomic mass is 9.89. The summed E-state index contributed by atoms with van der Waals surface area (Å²) in [6.45, 7) is 8.41. The molecule has 2 atom stereocenters.